The van der Waals surface area contributed by atoms with Crippen molar-refractivity contribution in [2.75, 3.05) is 32.5 Å². The molecule has 0 radical (unpaired) electrons. The van der Waals surface area contributed by atoms with E-state index in [2.05, 4.69) is 22.9 Å². The molecule has 2 amide bonds. The van der Waals surface area contributed by atoms with Gasteiger partial charge in [-0.25, -0.2) is 4.79 Å². The van der Waals surface area contributed by atoms with Crippen LogP contribution in [-0.4, -0.2) is 55.4 Å². The molecule has 1 aromatic rings. The number of anilines is 1. The Balaban J connectivity index is 1.77. The van der Waals surface area contributed by atoms with Crippen LogP contribution in [0.5, 0.6) is 0 Å². The minimum atomic E-state index is -0.389. The molecule has 6 nitrogen and oxygen atoms in total. The fourth-order valence-electron chi connectivity index (χ4n) is 2.35. The van der Waals surface area contributed by atoms with Gasteiger partial charge in [0, 0.05) is 30.9 Å². The predicted molar refractivity (Wildman–Crippen MR) is 92.6 cm³/mol. The van der Waals surface area contributed by atoms with Crippen LogP contribution in [0.15, 0.2) is 24.3 Å². The van der Waals surface area contributed by atoms with Crippen LogP contribution in [0.1, 0.15) is 31.4 Å². The number of nitrogens with zero attached hydrogens (tertiary/aromatic N) is 1. The summed E-state index contributed by atoms with van der Waals surface area (Å²) in [5, 5.41) is 18.9. The number of aliphatic hydroxyl groups is 1. The molecule has 1 aliphatic rings. The van der Waals surface area contributed by atoms with Gasteiger partial charge in [-0.05, 0) is 51.6 Å². The van der Waals surface area contributed by atoms with Crippen molar-refractivity contribution >= 4 is 11.7 Å². The van der Waals surface area contributed by atoms with Gasteiger partial charge in [0.25, 0.3) is 0 Å². The molecule has 0 spiro atoms. The molecule has 1 fully saturated rings. The Kier molecular flexibility index (Phi) is 6.38. The first-order chi connectivity index (χ1) is 10.9. The van der Waals surface area contributed by atoms with Gasteiger partial charge in [0.15, 0.2) is 0 Å². The van der Waals surface area contributed by atoms with E-state index < -0.39 is 0 Å². The number of nitrogens with one attached hydrogen (secondary N) is 3. The number of amides is 2. The van der Waals surface area contributed by atoms with Gasteiger partial charge < -0.3 is 26.0 Å². The van der Waals surface area contributed by atoms with Gasteiger partial charge in [-0.3, -0.25) is 0 Å². The van der Waals surface area contributed by atoms with Crippen LogP contribution in [0.2, 0.25) is 0 Å². The third-order valence-corrected chi connectivity index (χ3v) is 3.82. The lowest BCUT2D eigenvalue weighted by molar-refractivity contribution is 0.132. The number of carbonyl (C=O) groups is 1. The normalized spacial score (nSPS) is 16.9. The molecule has 6 heteroatoms. The van der Waals surface area contributed by atoms with E-state index >= 15 is 0 Å². The Hall–Kier alpha value is -1.63. The zero-order chi connectivity index (χ0) is 16.8. The first-order valence-electron chi connectivity index (χ1n) is 8.17. The van der Waals surface area contributed by atoms with Crippen LogP contribution in [-0.2, 0) is 0 Å². The molecule has 1 aromatic carbocycles. The van der Waals surface area contributed by atoms with Crippen molar-refractivity contribution in [2.24, 2.45) is 0 Å². The zero-order valence-electron chi connectivity index (χ0n) is 14.2. The zero-order valence-corrected chi connectivity index (χ0v) is 14.2. The summed E-state index contributed by atoms with van der Waals surface area (Å²) in [5.41, 5.74) is 1.90. The fraction of sp³-hybridized carbons (Fsp3) is 0.588. The minimum absolute atomic E-state index is 0.140. The molecule has 0 saturated heterocycles. The molecule has 1 aliphatic carbocycles. The Morgan fingerprint density at radius 2 is 1.96 bits per heavy atom. The van der Waals surface area contributed by atoms with E-state index in [0.717, 1.165) is 24.1 Å². The standard InChI is InChI=1S/C17H28N4O2/c1-12(18-10-16(22)11-21(2)3)13-4-6-14(7-5-13)19-17(23)20-15-8-9-15/h4-7,12,15-16,18,22H,8-11H2,1-3H3,(H2,19,20,23). The maximum atomic E-state index is 11.7. The number of aliphatic hydroxyl groups excluding tert-OH is 1. The molecule has 0 aliphatic heterocycles. The Bertz CT molecular complexity index is 500. The second-order valence-corrected chi connectivity index (χ2v) is 6.54. The highest BCUT2D eigenvalue weighted by atomic mass is 16.3. The topological polar surface area (TPSA) is 76.6 Å². The Labute approximate surface area is 138 Å². The van der Waals surface area contributed by atoms with E-state index in [1.165, 1.54) is 0 Å². The third-order valence-electron chi connectivity index (χ3n) is 3.82. The molecule has 2 unspecified atom stereocenters. The van der Waals surface area contributed by atoms with E-state index in [1.807, 2.05) is 43.3 Å². The number of hydrogen-bond acceptors (Lipinski definition) is 4. The molecule has 23 heavy (non-hydrogen) atoms. The summed E-state index contributed by atoms with van der Waals surface area (Å²) in [6.45, 7) is 3.24. The average molecular weight is 320 g/mol. The predicted octanol–water partition coefficient (Wildman–Crippen LogP) is 1.54. The molecular weight excluding hydrogens is 292 g/mol. The number of hydrogen-bond donors (Lipinski definition) is 4. The minimum Gasteiger partial charge on any atom is -0.390 e. The average Bonchev–Trinajstić information content (AvgIpc) is 3.28. The molecule has 1 saturated carbocycles. The summed E-state index contributed by atoms with van der Waals surface area (Å²) in [6, 6.07) is 8.13. The number of carbonyl (C=O) groups excluding carboxylic acids is 1. The number of urea groups is 1. The molecule has 2 rings (SSSR count). The summed E-state index contributed by atoms with van der Waals surface area (Å²) in [7, 11) is 3.88. The molecular formula is C17H28N4O2. The Morgan fingerprint density at radius 1 is 1.30 bits per heavy atom. The second-order valence-electron chi connectivity index (χ2n) is 6.54. The van der Waals surface area contributed by atoms with Gasteiger partial charge in [0.2, 0.25) is 0 Å². The lowest BCUT2D eigenvalue weighted by Gasteiger charge is -2.20. The van der Waals surface area contributed by atoms with Crippen LogP contribution in [0.25, 0.3) is 0 Å². The van der Waals surface area contributed by atoms with Crippen LogP contribution in [0, 0.1) is 0 Å². The smallest absolute Gasteiger partial charge is 0.319 e. The van der Waals surface area contributed by atoms with Crippen molar-refractivity contribution in [3.63, 3.8) is 0 Å². The highest BCUT2D eigenvalue weighted by molar-refractivity contribution is 5.89. The molecule has 2 atom stereocenters. The summed E-state index contributed by atoms with van der Waals surface area (Å²) in [5.74, 6) is 0. The monoisotopic (exact) mass is 320 g/mol. The number of benzene rings is 1. The van der Waals surface area contributed by atoms with Crippen molar-refractivity contribution < 1.29 is 9.90 Å². The number of rotatable bonds is 8. The van der Waals surface area contributed by atoms with Gasteiger partial charge in [-0.15, -0.1) is 0 Å². The third kappa shape index (κ3) is 6.56. The van der Waals surface area contributed by atoms with Crippen LogP contribution < -0.4 is 16.0 Å². The van der Waals surface area contributed by atoms with Gasteiger partial charge >= 0.3 is 6.03 Å². The number of likely N-dealkylation sites (N-methyl/N-ethyl adjacent to an activating group) is 1. The maximum absolute atomic E-state index is 11.7. The highest BCUT2D eigenvalue weighted by Gasteiger charge is 2.23. The lowest BCUT2D eigenvalue weighted by Crippen LogP contribution is -2.36. The maximum Gasteiger partial charge on any atom is 0.319 e. The fourth-order valence-corrected chi connectivity index (χ4v) is 2.35. The molecule has 0 bridgehead atoms. The first kappa shape index (κ1) is 17.7. The van der Waals surface area contributed by atoms with Crippen LogP contribution in [0.4, 0.5) is 10.5 Å². The second kappa shape index (κ2) is 8.29. The van der Waals surface area contributed by atoms with E-state index in [9.17, 15) is 9.90 Å². The van der Waals surface area contributed by atoms with Gasteiger partial charge in [0.1, 0.15) is 0 Å². The summed E-state index contributed by atoms with van der Waals surface area (Å²) in [4.78, 5) is 13.6. The highest BCUT2D eigenvalue weighted by Crippen LogP contribution is 2.19. The summed E-state index contributed by atoms with van der Waals surface area (Å²) < 4.78 is 0. The van der Waals surface area contributed by atoms with Gasteiger partial charge in [-0.1, -0.05) is 12.1 Å². The van der Waals surface area contributed by atoms with E-state index in [0.29, 0.717) is 19.1 Å². The first-order valence-corrected chi connectivity index (χ1v) is 8.17. The lowest BCUT2D eigenvalue weighted by atomic mass is 10.1. The van der Waals surface area contributed by atoms with Crippen molar-refractivity contribution in [1.82, 2.24) is 15.5 Å². The largest absolute Gasteiger partial charge is 0.390 e. The molecule has 128 valence electrons. The molecule has 0 aromatic heterocycles. The van der Waals surface area contributed by atoms with Crippen molar-refractivity contribution in [3.8, 4) is 0 Å². The van der Waals surface area contributed by atoms with Gasteiger partial charge in [0.05, 0.1) is 6.10 Å². The molecule has 4 N–H and O–H groups in total. The van der Waals surface area contributed by atoms with Crippen molar-refractivity contribution in [3.05, 3.63) is 29.8 Å². The van der Waals surface area contributed by atoms with Crippen molar-refractivity contribution in [1.29, 1.82) is 0 Å². The SMILES string of the molecule is CC(NCC(O)CN(C)C)c1ccc(NC(=O)NC2CC2)cc1. The molecule has 0 heterocycles. The van der Waals surface area contributed by atoms with Crippen LogP contribution in [0.3, 0.4) is 0 Å². The van der Waals surface area contributed by atoms with Crippen LogP contribution >= 0.6 is 0 Å². The summed E-state index contributed by atoms with van der Waals surface area (Å²) >= 11 is 0. The van der Waals surface area contributed by atoms with E-state index in [-0.39, 0.29) is 18.2 Å². The van der Waals surface area contributed by atoms with E-state index in [1.54, 1.807) is 0 Å². The summed E-state index contributed by atoms with van der Waals surface area (Å²) in [6.07, 6.45) is 1.77. The Morgan fingerprint density at radius 3 is 2.52 bits per heavy atom. The van der Waals surface area contributed by atoms with E-state index in [4.69, 9.17) is 0 Å². The van der Waals surface area contributed by atoms with Crippen molar-refractivity contribution in [2.45, 2.75) is 38.0 Å². The van der Waals surface area contributed by atoms with Gasteiger partial charge in [-0.2, -0.15) is 0 Å². The quantitative estimate of drug-likeness (QED) is 0.586.